The van der Waals surface area contributed by atoms with Crippen LogP contribution >= 0.6 is 11.6 Å². The highest BCUT2D eigenvalue weighted by molar-refractivity contribution is 6.33. The lowest BCUT2D eigenvalue weighted by atomic mass is 10.2. The van der Waals surface area contributed by atoms with Crippen molar-refractivity contribution in [2.75, 3.05) is 6.54 Å². The van der Waals surface area contributed by atoms with E-state index in [9.17, 15) is 4.79 Å². The Kier molecular flexibility index (Phi) is 3.83. The molecule has 88 valence electrons. The van der Waals surface area contributed by atoms with E-state index < -0.39 is 0 Å². The number of nitrogens with one attached hydrogen (secondary N) is 1. The minimum Gasteiger partial charge on any atom is -0.469 e. The van der Waals surface area contributed by atoms with E-state index in [1.54, 1.807) is 30.5 Å². The lowest BCUT2D eigenvalue weighted by molar-refractivity contribution is 0.0954. The SMILES string of the molecule is O=C(NCCc1ccco1)c1ccccc1Cl. The van der Waals surface area contributed by atoms with E-state index in [-0.39, 0.29) is 5.91 Å². The Morgan fingerprint density at radius 1 is 1.24 bits per heavy atom. The summed E-state index contributed by atoms with van der Waals surface area (Å²) < 4.78 is 5.17. The van der Waals surface area contributed by atoms with E-state index in [4.69, 9.17) is 16.0 Å². The molecule has 0 bridgehead atoms. The van der Waals surface area contributed by atoms with Gasteiger partial charge in [-0.2, -0.15) is 0 Å². The Morgan fingerprint density at radius 3 is 2.76 bits per heavy atom. The van der Waals surface area contributed by atoms with Gasteiger partial charge in [-0.25, -0.2) is 0 Å². The third-order valence-corrected chi connectivity index (χ3v) is 2.69. The first-order valence-corrected chi connectivity index (χ1v) is 5.70. The fourth-order valence-electron chi connectivity index (χ4n) is 1.49. The Balaban J connectivity index is 1.88. The Bertz CT molecular complexity index is 494. The molecule has 1 amide bonds. The maximum absolute atomic E-state index is 11.8. The molecular formula is C13H12ClNO2. The molecule has 0 aliphatic rings. The summed E-state index contributed by atoms with van der Waals surface area (Å²) in [6.07, 6.45) is 2.29. The predicted octanol–water partition coefficient (Wildman–Crippen LogP) is 2.91. The second-order valence-corrected chi connectivity index (χ2v) is 3.97. The zero-order valence-corrected chi connectivity index (χ0v) is 9.91. The molecule has 0 aliphatic carbocycles. The number of carbonyl (C=O) groups excluding carboxylic acids is 1. The standard InChI is InChI=1S/C13H12ClNO2/c14-12-6-2-1-5-11(12)13(16)15-8-7-10-4-3-9-17-10/h1-6,9H,7-8H2,(H,15,16). The van der Waals surface area contributed by atoms with E-state index in [0.717, 1.165) is 5.76 Å². The summed E-state index contributed by atoms with van der Waals surface area (Å²) in [6, 6.07) is 10.7. The number of hydrogen-bond donors (Lipinski definition) is 1. The Hall–Kier alpha value is -1.74. The van der Waals surface area contributed by atoms with E-state index in [0.29, 0.717) is 23.6 Å². The highest BCUT2D eigenvalue weighted by Crippen LogP contribution is 2.14. The molecule has 0 saturated carbocycles. The van der Waals surface area contributed by atoms with Gasteiger partial charge in [-0.1, -0.05) is 23.7 Å². The van der Waals surface area contributed by atoms with Crippen LogP contribution in [0.15, 0.2) is 47.1 Å². The van der Waals surface area contributed by atoms with Crippen LogP contribution < -0.4 is 5.32 Å². The molecule has 0 radical (unpaired) electrons. The zero-order chi connectivity index (χ0) is 12.1. The topological polar surface area (TPSA) is 42.2 Å². The van der Waals surface area contributed by atoms with E-state index in [1.165, 1.54) is 0 Å². The first-order chi connectivity index (χ1) is 8.27. The molecule has 1 aromatic carbocycles. The van der Waals surface area contributed by atoms with Crippen molar-refractivity contribution in [2.24, 2.45) is 0 Å². The highest BCUT2D eigenvalue weighted by Gasteiger charge is 2.08. The normalized spacial score (nSPS) is 10.2. The van der Waals surface area contributed by atoms with Crippen molar-refractivity contribution < 1.29 is 9.21 Å². The van der Waals surface area contributed by atoms with Gasteiger partial charge in [0.15, 0.2) is 0 Å². The van der Waals surface area contributed by atoms with Gasteiger partial charge in [-0.3, -0.25) is 4.79 Å². The number of rotatable bonds is 4. The summed E-state index contributed by atoms with van der Waals surface area (Å²) in [7, 11) is 0. The van der Waals surface area contributed by atoms with Crippen LogP contribution in [0.25, 0.3) is 0 Å². The van der Waals surface area contributed by atoms with Gasteiger partial charge in [-0.15, -0.1) is 0 Å². The number of furan rings is 1. The average molecular weight is 250 g/mol. The first kappa shape index (κ1) is 11.7. The zero-order valence-electron chi connectivity index (χ0n) is 9.15. The van der Waals surface area contributed by atoms with Crippen molar-refractivity contribution in [3.05, 3.63) is 59.0 Å². The van der Waals surface area contributed by atoms with Crippen molar-refractivity contribution >= 4 is 17.5 Å². The maximum atomic E-state index is 11.8. The Labute approximate surface area is 104 Å². The van der Waals surface area contributed by atoms with Gasteiger partial charge in [0.25, 0.3) is 5.91 Å². The van der Waals surface area contributed by atoms with Crippen molar-refractivity contribution in [3.63, 3.8) is 0 Å². The minimum atomic E-state index is -0.165. The third kappa shape index (κ3) is 3.11. The highest BCUT2D eigenvalue weighted by atomic mass is 35.5. The summed E-state index contributed by atoms with van der Waals surface area (Å²) in [6.45, 7) is 0.525. The molecule has 3 nitrogen and oxygen atoms in total. The molecule has 0 unspecified atom stereocenters. The fraction of sp³-hybridized carbons (Fsp3) is 0.154. The predicted molar refractivity (Wildman–Crippen MR) is 66.2 cm³/mol. The van der Waals surface area contributed by atoms with E-state index >= 15 is 0 Å². The van der Waals surface area contributed by atoms with Crippen LogP contribution in [-0.2, 0) is 6.42 Å². The van der Waals surface area contributed by atoms with Crippen LogP contribution in [0.4, 0.5) is 0 Å². The van der Waals surface area contributed by atoms with Crippen LogP contribution in [0, 0.1) is 0 Å². The van der Waals surface area contributed by atoms with Gasteiger partial charge < -0.3 is 9.73 Å². The molecule has 1 N–H and O–H groups in total. The number of carbonyl (C=O) groups is 1. The van der Waals surface area contributed by atoms with Gasteiger partial charge in [0.1, 0.15) is 5.76 Å². The largest absolute Gasteiger partial charge is 0.469 e. The summed E-state index contributed by atoms with van der Waals surface area (Å²) >= 11 is 5.92. The molecule has 4 heteroatoms. The lowest BCUT2D eigenvalue weighted by Gasteiger charge is -2.05. The monoisotopic (exact) mass is 249 g/mol. The van der Waals surface area contributed by atoms with Gasteiger partial charge >= 0.3 is 0 Å². The second-order valence-electron chi connectivity index (χ2n) is 3.57. The molecular weight excluding hydrogens is 238 g/mol. The molecule has 0 fully saturated rings. The quantitative estimate of drug-likeness (QED) is 0.905. The summed E-state index contributed by atoms with van der Waals surface area (Å²) in [5, 5.41) is 3.26. The van der Waals surface area contributed by atoms with E-state index in [2.05, 4.69) is 5.32 Å². The van der Waals surface area contributed by atoms with Crippen LogP contribution in [0.5, 0.6) is 0 Å². The molecule has 0 aliphatic heterocycles. The van der Waals surface area contributed by atoms with Crippen LogP contribution in [0.1, 0.15) is 16.1 Å². The molecule has 2 aromatic rings. The minimum absolute atomic E-state index is 0.165. The lowest BCUT2D eigenvalue weighted by Crippen LogP contribution is -2.25. The molecule has 1 aromatic heterocycles. The second kappa shape index (κ2) is 5.55. The molecule has 0 saturated heterocycles. The smallest absolute Gasteiger partial charge is 0.252 e. The average Bonchev–Trinajstić information content (AvgIpc) is 2.82. The first-order valence-electron chi connectivity index (χ1n) is 5.32. The van der Waals surface area contributed by atoms with Gasteiger partial charge in [0.05, 0.1) is 16.8 Å². The molecule has 0 spiro atoms. The molecule has 0 atom stereocenters. The van der Waals surface area contributed by atoms with E-state index in [1.807, 2.05) is 12.1 Å². The number of hydrogen-bond acceptors (Lipinski definition) is 2. The summed E-state index contributed by atoms with van der Waals surface area (Å²) in [5.41, 5.74) is 0.494. The van der Waals surface area contributed by atoms with Crippen molar-refractivity contribution in [1.82, 2.24) is 5.32 Å². The maximum Gasteiger partial charge on any atom is 0.252 e. The van der Waals surface area contributed by atoms with Crippen molar-refractivity contribution in [2.45, 2.75) is 6.42 Å². The molecule has 17 heavy (non-hydrogen) atoms. The molecule has 1 heterocycles. The van der Waals surface area contributed by atoms with Gasteiger partial charge in [0, 0.05) is 13.0 Å². The number of halogens is 1. The number of amides is 1. The van der Waals surface area contributed by atoms with Crippen molar-refractivity contribution in [1.29, 1.82) is 0 Å². The van der Waals surface area contributed by atoms with Crippen LogP contribution in [0.3, 0.4) is 0 Å². The van der Waals surface area contributed by atoms with Gasteiger partial charge in [-0.05, 0) is 24.3 Å². The van der Waals surface area contributed by atoms with Gasteiger partial charge in [0.2, 0.25) is 0 Å². The number of benzene rings is 1. The third-order valence-electron chi connectivity index (χ3n) is 2.36. The summed E-state index contributed by atoms with van der Waals surface area (Å²) in [5.74, 6) is 0.687. The fourth-order valence-corrected chi connectivity index (χ4v) is 1.72. The van der Waals surface area contributed by atoms with Crippen LogP contribution in [0.2, 0.25) is 5.02 Å². The summed E-state index contributed by atoms with van der Waals surface area (Å²) in [4.78, 5) is 11.8. The van der Waals surface area contributed by atoms with Crippen LogP contribution in [-0.4, -0.2) is 12.5 Å². The molecule has 2 rings (SSSR count). The Morgan fingerprint density at radius 2 is 2.06 bits per heavy atom. The van der Waals surface area contributed by atoms with Crippen molar-refractivity contribution in [3.8, 4) is 0 Å².